The van der Waals surface area contributed by atoms with Gasteiger partial charge in [-0.25, -0.2) is 8.42 Å². The fraction of sp³-hybridized carbons (Fsp3) is 0.480. The Labute approximate surface area is 202 Å². The molecule has 34 heavy (non-hydrogen) atoms. The van der Waals surface area contributed by atoms with Crippen molar-refractivity contribution in [2.24, 2.45) is 5.92 Å². The van der Waals surface area contributed by atoms with Crippen LogP contribution in [0.25, 0.3) is 0 Å². The molecule has 2 aromatic rings. The molecule has 0 unspecified atom stereocenters. The summed E-state index contributed by atoms with van der Waals surface area (Å²) in [6, 6.07) is 12.8. The van der Waals surface area contributed by atoms with Crippen molar-refractivity contribution in [1.82, 2.24) is 9.62 Å². The van der Waals surface area contributed by atoms with Crippen LogP contribution in [0.1, 0.15) is 25.3 Å². The summed E-state index contributed by atoms with van der Waals surface area (Å²) < 4.78 is 38.1. The maximum Gasteiger partial charge on any atom is 0.243 e. The van der Waals surface area contributed by atoms with Gasteiger partial charge in [0, 0.05) is 50.4 Å². The zero-order valence-corrected chi connectivity index (χ0v) is 21.2. The van der Waals surface area contributed by atoms with Crippen molar-refractivity contribution in [2.75, 3.05) is 51.8 Å². The lowest BCUT2D eigenvalue weighted by molar-refractivity contribution is -0.126. The van der Waals surface area contributed by atoms with Crippen LogP contribution >= 0.6 is 0 Å². The third-order valence-corrected chi connectivity index (χ3v) is 8.23. The Balaban J connectivity index is 1.53. The number of rotatable bonds is 10. The molecule has 1 heterocycles. The maximum atomic E-state index is 13.1. The second kappa shape index (κ2) is 11.6. The quantitative estimate of drug-likeness (QED) is 0.552. The second-order valence-corrected chi connectivity index (χ2v) is 10.3. The van der Waals surface area contributed by atoms with E-state index >= 15 is 0 Å². The van der Waals surface area contributed by atoms with Gasteiger partial charge >= 0.3 is 0 Å². The molecule has 0 bridgehead atoms. The maximum absolute atomic E-state index is 13.1. The van der Waals surface area contributed by atoms with Crippen molar-refractivity contribution in [3.8, 4) is 11.5 Å². The first kappa shape index (κ1) is 25.8. The number of likely N-dealkylation sites (N-methyl/N-ethyl adjacent to an activating group) is 1. The molecule has 0 aromatic heterocycles. The fourth-order valence-electron chi connectivity index (χ4n) is 4.31. The van der Waals surface area contributed by atoms with Crippen molar-refractivity contribution < 1.29 is 22.7 Å². The molecule has 1 amide bonds. The van der Waals surface area contributed by atoms with Crippen LogP contribution in [0.4, 0.5) is 5.69 Å². The number of methoxy groups -OCH3 is 2. The molecular formula is C25H35N3O5S. The summed E-state index contributed by atoms with van der Waals surface area (Å²) in [6.07, 6.45) is 0.987. The third-order valence-electron chi connectivity index (χ3n) is 6.34. The summed E-state index contributed by atoms with van der Waals surface area (Å²) >= 11 is 0. The number of nitrogens with zero attached hydrogens (tertiary/aromatic N) is 2. The van der Waals surface area contributed by atoms with Gasteiger partial charge < -0.3 is 19.7 Å². The molecule has 0 saturated carbocycles. The Bertz CT molecular complexity index is 1080. The van der Waals surface area contributed by atoms with Crippen LogP contribution in [0.3, 0.4) is 0 Å². The molecule has 0 spiro atoms. The Morgan fingerprint density at radius 1 is 1.09 bits per heavy atom. The molecule has 1 N–H and O–H groups in total. The van der Waals surface area contributed by atoms with Gasteiger partial charge in [-0.2, -0.15) is 4.31 Å². The minimum Gasteiger partial charge on any atom is -0.493 e. The molecule has 8 nitrogen and oxygen atoms in total. The van der Waals surface area contributed by atoms with E-state index in [1.165, 1.54) is 41.9 Å². The number of hydrogen-bond donors (Lipinski definition) is 1. The van der Waals surface area contributed by atoms with Gasteiger partial charge in [0.1, 0.15) is 0 Å². The predicted molar refractivity (Wildman–Crippen MR) is 133 cm³/mol. The van der Waals surface area contributed by atoms with Crippen molar-refractivity contribution in [1.29, 1.82) is 0 Å². The summed E-state index contributed by atoms with van der Waals surface area (Å²) in [5.41, 5.74) is 2.38. The lowest BCUT2D eigenvalue weighted by Crippen LogP contribution is -2.44. The van der Waals surface area contributed by atoms with E-state index < -0.39 is 10.0 Å². The number of amides is 1. The monoisotopic (exact) mass is 489 g/mol. The Morgan fingerprint density at radius 3 is 2.38 bits per heavy atom. The summed E-state index contributed by atoms with van der Waals surface area (Å²) in [5, 5.41) is 3.04. The van der Waals surface area contributed by atoms with E-state index in [0.717, 1.165) is 13.1 Å². The van der Waals surface area contributed by atoms with Gasteiger partial charge in [-0.15, -0.1) is 0 Å². The van der Waals surface area contributed by atoms with E-state index in [0.29, 0.717) is 44.0 Å². The van der Waals surface area contributed by atoms with Crippen molar-refractivity contribution in [3.63, 3.8) is 0 Å². The van der Waals surface area contributed by atoms with Crippen LogP contribution in [-0.4, -0.2) is 65.6 Å². The molecule has 9 heteroatoms. The summed E-state index contributed by atoms with van der Waals surface area (Å²) in [4.78, 5) is 15.1. The number of hydrogen-bond acceptors (Lipinski definition) is 6. The third kappa shape index (κ3) is 5.82. The van der Waals surface area contributed by atoms with Crippen LogP contribution in [-0.2, 0) is 14.8 Å². The van der Waals surface area contributed by atoms with E-state index in [1.54, 1.807) is 6.07 Å². The number of aryl methyl sites for hydroxylation is 1. The van der Waals surface area contributed by atoms with E-state index in [-0.39, 0.29) is 16.7 Å². The number of piperidine rings is 1. The van der Waals surface area contributed by atoms with Gasteiger partial charge in [0.2, 0.25) is 15.9 Å². The highest BCUT2D eigenvalue weighted by atomic mass is 32.2. The average molecular weight is 490 g/mol. The van der Waals surface area contributed by atoms with Gasteiger partial charge in [0.25, 0.3) is 0 Å². The van der Waals surface area contributed by atoms with Gasteiger partial charge in [-0.05, 0) is 50.5 Å². The standard InChI is InChI=1S/C25H35N3O5S/c1-5-27(22-9-7-6-8-19(22)2)17-14-26-25(29)20-12-15-28(16-13-20)34(30,31)21-10-11-23(32-3)24(18-21)33-4/h6-11,18,20H,5,12-17H2,1-4H3,(H,26,29). The number of carbonyl (C=O) groups is 1. The smallest absolute Gasteiger partial charge is 0.243 e. The normalized spacial score (nSPS) is 15.1. The molecule has 0 aliphatic carbocycles. The molecule has 2 aromatic carbocycles. The highest BCUT2D eigenvalue weighted by Crippen LogP contribution is 2.32. The first-order valence-electron chi connectivity index (χ1n) is 11.6. The first-order chi connectivity index (χ1) is 16.3. The minimum absolute atomic E-state index is 0.0102. The number of benzene rings is 2. The number of carbonyl (C=O) groups excluding carboxylic acids is 1. The lowest BCUT2D eigenvalue weighted by Gasteiger charge is -2.31. The van der Waals surface area contributed by atoms with Crippen LogP contribution in [0.5, 0.6) is 11.5 Å². The van der Waals surface area contributed by atoms with Gasteiger partial charge in [-0.1, -0.05) is 18.2 Å². The van der Waals surface area contributed by atoms with Crippen molar-refractivity contribution in [2.45, 2.75) is 31.6 Å². The summed E-state index contributed by atoms with van der Waals surface area (Å²) in [6.45, 7) is 6.92. The van der Waals surface area contributed by atoms with E-state index in [2.05, 4.69) is 36.2 Å². The highest BCUT2D eigenvalue weighted by molar-refractivity contribution is 7.89. The Morgan fingerprint density at radius 2 is 1.76 bits per heavy atom. The lowest BCUT2D eigenvalue weighted by atomic mass is 9.97. The van der Waals surface area contributed by atoms with Crippen LogP contribution in [0.2, 0.25) is 0 Å². The van der Waals surface area contributed by atoms with E-state index in [4.69, 9.17) is 9.47 Å². The molecule has 1 aliphatic heterocycles. The average Bonchev–Trinajstić information content (AvgIpc) is 2.86. The second-order valence-electron chi connectivity index (χ2n) is 8.35. The van der Waals surface area contributed by atoms with Gasteiger partial charge in [0.05, 0.1) is 19.1 Å². The first-order valence-corrected chi connectivity index (χ1v) is 13.1. The molecule has 1 fully saturated rings. The van der Waals surface area contributed by atoms with Gasteiger partial charge in [-0.3, -0.25) is 4.79 Å². The van der Waals surface area contributed by atoms with Crippen molar-refractivity contribution in [3.05, 3.63) is 48.0 Å². The van der Waals surface area contributed by atoms with Gasteiger partial charge in [0.15, 0.2) is 11.5 Å². The Kier molecular flexibility index (Phi) is 8.79. The summed E-state index contributed by atoms with van der Waals surface area (Å²) in [5.74, 6) is 0.639. The molecule has 0 atom stereocenters. The molecule has 1 aliphatic rings. The number of nitrogens with one attached hydrogen (secondary N) is 1. The largest absolute Gasteiger partial charge is 0.493 e. The molecular weight excluding hydrogens is 454 g/mol. The zero-order valence-electron chi connectivity index (χ0n) is 20.4. The van der Waals surface area contributed by atoms with Crippen LogP contribution < -0.4 is 19.7 Å². The SMILES string of the molecule is CCN(CCNC(=O)C1CCN(S(=O)(=O)c2ccc(OC)c(OC)c2)CC1)c1ccccc1C. The molecule has 186 valence electrons. The summed E-state index contributed by atoms with van der Waals surface area (Å²) in [7, 11) is -0.700. The number of para-hydroxylation sites is 1. The number of ether oxygens (including phenoxy) is 2. The van der Waals surface area contributed by atoms with Crippen molar-refractivity contribution >= 4 is 21.6 Å². The van der Waals surface area contributed by atoms with Crippen LogP contribution in [0.15, 0.2) is 47.4 Å². The molecule has 0 radical (unpaired) electrons. The van der Waals surface area contributed by atoms with E-state index in [1.807, 2.05) is 12.1 Å². The Hall–Kier alpha value is -2.78. The zero-order chi connectivity index (χ0) is 24.7. The van der Waals surface area contributed by atoms with Crippen LogP contribution in [0, 0.1) is 12.8 Å². The topological polar surface area (TPSA) is 88.2 Å². The predicted octanol–water partition coefficient (Wildman–Crippen LogP) is 3.06. The highest BCUT2D eigenvalue weighted by Gasteiger charge is 2.32. The minimum atomic E-state index is -3.68. The number of anilines is 1. The number of sulfonamides is 1. The molecule has 1 saturated heterocycles. The van der Waals surface area contributed by atoms with E-state index in [9.17, 15) is 13.2 Å². The fourth-order valence-corrected chi connectivity index (χ4v) is 5.80. The molecule has 3 rings (SSSR count).